The summed E-state index contributed by atoms with van der Waals surface area (Å²) in [5.41, 5.74) is 0. The monoisotopic (exact) mass is 148 g/mol. The van der Waals surface area contributed by atoms with Gasteiger partial charge in [0.1, 0.15) is 0 Å². The van der Waals surface area contributed by atoms with Gasteiger partial charge in [-0.05, 0) is 0 Å². The predicted molar refractivity (Wildman–Crippen MR) is 21.1 cm³/mol. The van der Waals surface area contributed by atoms with E-state index in [9.17, 15) is 17.6 Å². The minimum atomic E-state index is -4.65. The Labute approximate surface area is 47.7 Å². The molecule has 48 valence electrons. The molecule has 0 saturated carbocycles. The zero-order valence-electron chi connectivity index (χ0n) is 3.47. The van der Waals surface area contributed by atoms with E-state index in [4.69, 9.17) is 0 Å². The number of alkyl halides is 3. The van der Waals surface area contributed by atoms with Gasteiger partial charge < -0.3 is 0 Å². The van der Waals surface area contributed by atoms with E-state index in [-0.39, 0.29) is 0 Å². The van der Waals surface area contributed by atoms with Crippen molar-refractivity contribution < 1.29 is 17.6 Å². The maximum absolute atomic E-state index is 11.1. The van der Waals surface area contributed by atoms with Crippen LogP contribution in [-0.2, 0) is 0 Å². The van der Waals surface area contributed by atoms with E-state index in [1.807, 2.05) is 0 Å². The lowest BCUT2D eigenvalue weighted by atomic mass is 10.6. The summed E-state index contributed by atoms with van der Waals surface area (Å²) in [6, 6.07) is 0. The Bertz CT molecular complexity index is 98.3. The Morgan fingerprint density at radius 1 is 1.38 bits per heavy atom. The standard InChI is InChI=1S/C3HClF4/c4-2(5)1-3(6,7)8/h1H/b2-1-. The zero-order valence-corrected chi connectivity index (χ0v) is 4.22. The highest BCUT2D eigenvalue weighted by Gasteiger charge is 2.24. The van der Waals surface area contributed by atoms with Crippen LogP contribution < -0.4 is 0 Å². The summed E-state index contributed by atoms with van der Waals surface area (Å²) in [7, 11) is 0. The van der Waals surface area contributed by atoms with Gasteiger partial charge in [-0.15, -0.1) is 0 Å². The van der Waals surface area contributed by atoms with Crippen molar-refractivity contribution in [1.29, 1.82) is 0 Å². The molecule has 0 bridgehead atoms. The first-order valence-corrected chi connectivity index (χ1v) is 1.90. The van der Waals surface area contributed by atoms with Gasteiger partial charge >= 0.3 is 6.18 Å². The highest BCUT2D eigenvalue weighted by molar-refractivity contribution is 6.28. The molecule has 0 radical (unpaired) electrons. The summed E-state index contributed by atoms with van der Waals surface area (Å²) >= 11 is 4.24. The molecule has 0 fully saturated rings. The summed E-state index contributed by atoms with van der Waals surface area (Å²) in [6.45, 7) is 0. The van der Waals surface area contributed by atoms with Crippen molar-refractivity contribution in [2.45, 2.75) is 6.18 Å². The number of halogens is 5. The van der Waals surface area contributed by atoms with Gasteiger partial charge in [-0.1, -0.05) is 11.6 Å². The van der Waals surface area contributed by atoms with E-state index in [1.165, 1.54) is 0 Å². The minimum absolute atomic E-state index is 0.630. The van der Waals surface area contributed by atoms with Crippen LogP contribution in [0.5, 0.6) is 0 Å². The number of hydrogen-bond donors (Lipinski definition) is 0. The van der Waals surface area contributed by atoms with Crippen LogP contribution in [0, 0.1) is 0 Å². The molecule has 0 nitrogen and oxygen atoms in total. The fourth-order valence-electron chi connectivity index (χ4n) is 0.124. The van der Waals surface area contributed by atoms with Gasteiger partial charge in [0.05, 0.1) is 6.08 Å². The molecule has 0 atom stereocenters. The lowest BCUT2D eigenvalue weighted by molar-refractivity contribution is -0.0808. The van der Waals surface area contributed by atoms with Gasteiger partial charge in [0.15, 0.2) is 5.29 Å². The zero-order chi connectivity index (χ0) is 6.78. The second-order valence-corrected chi connectivity index (χ2v) is 1.34. The third kappa shape index (κ3) is 5.75. The van der Waals surface area contributed by atoms with Gasteiger partial charge in [0.2, 0.25) is 0 Å². The Kier molecular flexibility index (Phi) is 2.27. The molecule has 5 heteroatoms. The summed E-state index contributed by atoms with van der Waals surface area (Å²) in [4.78, 5) is 0. The molecule has 0 heterocycles. The van der Waals surface area contributed by atoms with E-state index in [0.29, 0.717) is 0 Å². The second kappa shape index (κ2) is 2.35. The van der Waals surface area contributed by atoms with Gasteiger partial charge in [0.25, 0.3) is 0 Å². The SMILES string of the molecule is F/C(Cl)=C\C(F)(F)F. The molecule has 0 amide bonds. The smallest absolute Gasteiger partial charge is 0.194 e. The van der Waals surface area contributed by atoms with E-state index in [2.05, 4.69) is 11.6 Å². The van der Waals surface area contributed by atoms with Crippen LogP contribution in [-0.4, -0.2) is 6.18 Å². The van der Waals surface area contributed by atoms with Crippen molar-refractivity contribution >= 4 is 11.6 Å². The Morgan fingerprint density at radius 3 is 1.75 bits per heavy atom. The molecule has 0 aromatic carbocycles. The quantitative estimate of drug-likeness (QED) is 0.463. The fraction of sp³-hybridized carbons (Fsp3) is 0.333. The third-order valence-corrected chi connectivity index (χ3v) is 0.382. The van der Waals surface area contributed by atoms with Crippen molar-refractivity contribution in [1.82, 2.24) is 0 Å². The molecule has 0 aromatic rings. The van der Waals surface area contributed by atoms with Crippen LogP contribution in [0.1, 0.15) is 0 Å². The fourth-order valence-corrected chi connectivity index (χ4v) is 0.247. The van der Waals surface area contributed by atoms with Gasteiger partial charge in [-0.25, -0.2) is 0 Å². The lowest BCUT2D eigenvalue weighted by Gasteiger charge is -1.94. The maximum atomic E-state index is 11.1. The van der Waals surface area contributed by atoms with Crippen molar-refractivity contribution in [2.75, 3.05) is 0 Å². The van der Waals surface area contributed by atoms with Crippen LogP contribution in [0.3, 0.4) is 0 Å². The minimum Gasteiger partial charge on any atom is -0.194 e. The lowest BCUT2D eigenvalue weighted by Crippen LogP contribution is -2.00. The molecule has 0 aliphatic rings. The van der Waals surface area contributed by atoms with E-state index >= 15 is 0 Å². The van der Waals surface area contributed by atoms with Crippen molar-refractivity contribution in [2.24, 2.45) is 0 Å². The van der Waals surface area contributed by atoms with Crippen LogP contribution in [0.2, 0.25) is 0 Å². The maximum Gasteiger partial charge on any atom is 0.413 e. The second-order valence-electron chi connectivity index (χ2n) is 0.976. The third-order valence-electron chi connectivity index (χ3n) is 0.273. The van der Waals surface area contributed by atoms with E-state index < -0.39 is 17.5 Å². The molecule has 0 aromatic heterocycles. The first-order chi connectivity index (χ1) is 3.42. The van der Waals surface area contributed by atoms with Crippen LogP contribution in [0.15, 0.2) is 11.4 Å². The Hall–Kier alpha value is -0.250. The Morgan fingerprint density at radius 2 is 1.75 bits per heavy atom. The number of hydrogen-bond acceptors (Lipinski definition) is 0. The highest BCUT2D eigenvalue weighted by atomic mass is 35.5. The van der Waals surface area contributed by atoms with Gasteiger partial charge in [0, 0.05) is 0 Å². The van der Waals surface area contributed by atoms with Crippen LogP contribution >= 0.6 is 11.6 Å². The summed E-state index contributed by atoms with van der Waals surface area (Å²) in [5, 5.41) is -1.75. The largest absolute Gasteiger partial charge is 0.413 e. The first-order valence-electron chi connectivity index (χ1n) is 1.52. The average Bonchev–Trinajstić information content (AvgIpc) is 1.21. The van der Waals surface area contributed by atoms with Crippen LogP contribution in [0.4, 0.5) is 17.6 Å². The van der Waals surface area contributed by atoms with Crippen molar-refractivity contribution in [3.8, 4) is 0 Å². The van der Waals surface area contributed by atoms with E-state index in [0.717, 1.165) is 0 Å². The molecule has 0 aliphatic carbocycles. The molecule has 0 saturated heterocycles. The normalized spacial score (nSPS) is 14.4. The topological polar surface area (TPSA) is 0 Å². The van der Waals surface area contributed by atoms with E-state index in [1.54, 1.807) is 0 Å². The predicted octanol–water partition coefficient (Wildman–Crippen LogP) is 2.60. The molecule has 0 aliphatic heterocycles. The average molecular weight is 148 g/mol. The summed E-state index contributed by atoms with van der Waals surface area (Å²) < 4.78 is 43.8. The Balaban J connectivity index is 3.89. The molecular formula is C3HClF4. The van der Waals surface area contributed by atoms with Gasteiger partial charge in [-0.3, -0.25) is 0 Å². The molecular weight excluding hydrogens is 147 g/mol. The number of allylic oxidation sites excluding steroid dienone is 1. The molecule has 0 N–H and O–H groups in total. The van der Waals surface area contributed by atoms with Crippen molar-refractivity contribution in [3.63, 3.8) is 0 Å². The summed E-state index contributed by atoms with van der Waals surface area (Å²) in [5.74, 6) is 0. The molecule has 0 spiro atoms. The summed E-state index contributed by atoms with van der Waals surface area (Å²) in [6.07, 6.45) is -5.28. The highest BCUT2D eigenvalue weighted by Crippen LogP contribution is 2.20. The number of rotatable bonds is 0. The van der Waals surface area contributed by atoms with Gasteiger partial charge in [-0.2, -0.15) is 17.6 Å². The van der Waals surface area contributed by atoms with Crippen molar-refractivity contribution in [3.05, 3.63) is 11.4 Å². The molecule has 0 unspecified atom stereocenters. The first kappa shape index (κ1) is 7.75. The molecule has 8 heavy (non-hydrogen) atoms. The molecule has 0 rings (SSSR count). The van der Waals surface area contributed by atoms with Crippen LogP contribution in [0.25, 0.3) is 0 Å².